The average Bonchev–Trinajstić information content (AvgIpc) is 3.31. The lowest BCUT2D eigenvalue weighted by atomic mass is 9.59. The molecule has 3 heterocycles. The minimum atomic E-state index is -4.72. The molecule has 1 aromatic carbocycles. The summed E-state index contributed by atoms with van der Waals surface area (Å²) in [6.07, 6.45) is -1.13. The molecule has 7 nitrogen and oxygen atoms in total. The predicted molar refractivity (Wildman–Crippen MR) is 134 cm³/mol. The molecule has 3 aromatic rings. The van der Waals surface area contributed by atoms with E-state index in [1.165, 1.54) is 18.2 Å². The number of fused-ring (bicyclic) bond motifs is 5. The summed E-state index contributed by atoms with van der Waals surface area (Å²) in [5.74, 6) is -2.41. The van der Waals surface area contributed by atoms with Gasteiger partial charge in [0.25, 0.3) is 0 Å². The second kappa shape index (κ2) is 8.74. The first kappa shape index (κ1) is 26.2. The largest absolute Gasteiger partial charge is 0.413 e. The van der Waals surface area contributed by atoms with Crippen LogP contribution >= 0.6 is 0 Å². The van der Waals surface area contributed by atoms with Gasteiger partial charge in [0.1, 0.15) is 9.84 Å². The van der Waals surface area contributed by atoms with E-state index < -0.39 is 39.8 Å². The van der Waals surface area contributed by atoms with E-state index >= 15 is 0 Å². The topological polar surface area (TPSA) is 84.6 Å². The lowest BCUT2D eigenvalue weighted by molar-refractivity contribution is -0.190. The summed E-state index contributed by atoms with van der Waals surface area (Å²) in [7, 11) is -2.12. The highest BCUT2D eigenvalue weighted by Gasteiger charge is 2.57. The van der Waals surface area contributed by atoms with Gasteiger partial charge in [0, 0.05) is 42.1 Å². The molecule has 2 aromatic heterocycles. The molecule has 0 N–H and O–H groups in total. The number of hydrogen-bond donors (Lipinski definition) is 0. The maximum absolute atomic E-state index is 14.3. The van der Waals surface area contributed by atoms with Crippen LogP contribution in [-0.2, 0) is 20.0 Å². The van der Waals surface area contributed by atoms with E-state index in [-0.39, 0.29) is 47.2 Å². The Hall–Kier alpha value is -3.02. The molecule has 1 saturated carbocycles. The van der Waals surface area contributed by atoms with Crippen molar-refractivity contribution in [3.05, 3.63) is 64.9 Å². The van der Waals surface area contributed by atoms with E-state index in [0.717, 1.165) is 36.7 Å². The van der Waals surface area contributed by atoms with Crippen molar-refractivity contribution >= 4 is 21.4 Å². The van der Waals surface area contributed by atoms with Crippen LogP contribution in [0.4, 0.5) is 17.6 Å². The number of rotatable bonds is 4. The number of sulfone groups is 1. The summed E-state index contributed by atoms with van der Waals surface area (Å²) in [5, 5.41) is 4.02. The fourth-order valence-electron chi connectivity index (χ4n) is 6.99. The Morgan fingerprint density at radius 1 is 1.15 bits per heavy atom. The Morgan fingerprint density at radius 3 is 2.41 bits per heavy atom. The van der Waals surface area contributed by atoms with Gasteiger partial charge in [0.2, 0.25) is 11.9 Å². The molecule has 0 unspecified atom stereocenters. The smallest absolute Gasteiger partial charge is 0.330 e. The standard InChI is InChI=1S/C27H28F4N4O3S/c1-26-10-7-19(26)22(18-14-32-21-13-20(28)33-35(21)24(18)26)15-3-5-16(6-4-15)23(27(29,30)31)34(2)25(36)17-8-11-39(37,38)12-9-17/h3-6,13-14,17,19,22-23H,7-12H2,1-2H3/t19-,22+,23+,26-/m0/s1. The molecule has 0 spiro atoms. The van der Waals surface area contributed by atoms with Gasteiger partial charge in [-0.05, 0) is 42.7 Å². The van der Waals surface area contributed by atoms with Gasteiger partial charge < -0.3 is 4.90 Å². The fourth-order valence-corrected chi connectivity index (χ4v) is 8.48. The molecular formula is C27H28F4N4O3S. The Bertz CT molecular complexity index is 1560. The van der Waals surface area contributed by atoms with E-state index in [1.54, 1.807) is 22.8 Å². The van der Waals surface area contributed by atoms with E-state index in [0.29, 0.717) is 10.5 Å². The second-order valence-electron chi connectivity index (χ2n) is 11.3. The third-order valence-electron chi connectivity index (χ3n) is 9.11. The summed E-state index contributed by atoms with van der Waals surface area (Å²) < 4.78 is 81.8. The zero-order chi connectivity index (χ0) is 27.9. The van der Waals surface area contributed by atoms with Crippen LogP contribution in [0.15, 0.2) is 36.5 Å². The van der Waals surface area contributed by atoms with Crippen molar-refractivity contribution in [1.82, 2.24) is 19.5 Å². The molecule has 0 bridgehead atoms. The number of aromatic nitrogens is 3. The van der Waals surface area contributed by atoms with Crippen molar-refractivity contribution in [1.29, 1.82) is 0 Å². The quantitative estimate of drug-likeness (QED) is 0.434. The summed E-state index contributed by atoms with van der Waals surface area (Å²) in [6.45, 7) is 2.12. The number of nitrogens with zero attached hydrogens (tertiary/aromatic N) is 4. The highest BCUT2D eigenvalue weighted by atomic mass is 32.2. The molecular weight excluding hydrogens is 536 g/mol. The van der Waals surface area contributed by atoms with Gasteiger partial charge in [-0.3, -0.25) is 4.79 Å². The van der Waals surface area contributed by atoms with Gasteiger partial charge in [0.05, 0.1) is 17.2 Å². The lowest BCUT2D eigenvalue weighted by Crippen LogP contribution is -2.44. The van der Waals surface area contributed by atoms with Crippen LogP contribution in [0.1, 0.15) is 67.0 Å². The van der Waals surface area contributed by atoms with Gasteiger partial charge >= 0.3 is 6.18 Å². The molecule has 12 heteroatoms. The third-order valence-corrected chi connectivity index (χ3v) is 10.8. The number of benzene rings is 1. The monoisotopic (exact) mass is 564 g/mol. The maximum Gasteiger partial charge on any atom is 0.413 e. The Labute approximate surface area is 223 Å². The van der Waals surface area contributed by atoms with Crippen LogP contribution < -0.4 is 0 Å². The molecule has 3 aliphatic rings. The number of hydrogen-bond acceptors (Lipinski definition) is 5. The van der Waals surface area contributed by atoms with E-state index in [4.69, 9.17) is 0 Å². The fraction of sp³-hybridized carbons (Fsp3) is 0.519. The van der Waals surface area contributed by atoms with Gasteiger partial charge in [-0.1, -0.05) is 31.2 Å². The van der Waals surface area contributed by atoms with Crippen LogP contribution in [-0.4, -0.2) is 58.6 Å². The van der Waals surface area contributed by atoms with Crippen molar-refractivity contribution in [3.8, 4) is 0 Å². The first-order valence-electron chi connectivity index (χ1n) is 13.0. The molecule has 1 saturated heterocycles. The summed E-state index contributed by atoms with van der Waals surface area (Å²) in [4.78, 5) is 18.1. The highest BCUT2D eigenvalue weighted by Crippen LogP contribution is 2.63. The maximum atomic E-state index is 14.3. The van der Waals surface area contributed by atoms with Crippen molar-refractivity contribution in [2.45, 2.75) is 56.2 Å². The van der Waals surface area contributed by atoms with Gasteiger partial charge in [0.15, 0.2) is 11.7 Å². The predicted octanol–water partition coefficient (Wildman–Crippen LogP) is 4.57. The third kappa shape index (κ3) is 4.13. The summed E-state index contributed by atoms with van der Waals surface area (Å²) in [5.41, 5.74) is 2.74. The molecule has 1 aliphatic heterocycles. The van der Waals surface area contributed by atoms with Crippen LogP contribution in [0.2, 0.25) is 0 Å². The Balaban J connectivity index is 1.31. The average molecular weight is 565 g/mol. The second-order valence-corrected chi connectivity index (χ2v) is 13.6. The molecule has 0 radical (unpaired) electrons. The highest BCUT2D eigenvalue weighted by molar-refractivity contribution is 7.91. The van der Waals surface area contributed by atoms with E-state index in [1.807, 2.05) is 0 Å². The summed E-state index contributed by atoms with van der Waals surface area (Å²) in [6, 6.07) is 5.29. The number of carbonyl (C=O) groups is 1. The molecule has 4 atom stereocenters. The van der Waals surface area contributed by atoms with Crippen molar-refractivity contribution in [2.24, 2.45) is 11.8 Å². The van der Waals surface area contributed by atoms with E-state index in [2.05, 4.69) is 17.0 Å². The van der Waals surface area contributed by atoms with E-state index in [9.17, 15) is 30.8 Å². The number of amides is 1. The Morgan fingerprint density at radius 2 is 1.82 bits per heavy atom. The first-order chi connectivity index (χ1) is 18.3. The van der Waals surface area contributed by atoms with Crippen LogP contribution in [0.25, 0.3) is 5.65 Å². The molecule has 39 heavy (non-hydrogen) atoms. The SMILES string of the molecule is CN(C(=O)C1CCS(=O)(=O)CC1)[C@H](c1ccc([C@@H]2c3cnc4cc(F)nn4c3[C@@]3(C)CC[C@@H]23)cc1)C(F)(F)F. The molecule has 208 valence electrons. The zero-order valence-corrected chi connectivity index (χ0v) is 22.3. The van der Waals surface area contributed by atoms with Gasteiger partial charge in [-0.15, -0.1) is 5.10 Å². The van der Waals surface area contributed by atoms with Gasteiger partial charge in [-0.25, -0.2) is 17.9 Å². The first-order valence-corrected chi connectivity index (χ1v) is 14.8. The van der Waals surface area contributed by atoms with Crippen molar-refractivity contribution in [2.75, 3.05) is 18.6 Å². The van der Waals surface area contributed by atoms with Gasteiger partial charge in [-0.2, -0.15) is 17.6 Å². The Kier molecular flexibility index (Phi) is 5.87. The number of halogens is 4. The minimum Gasteiger partial charge on any atom is -0.330 e. The zero-order valence-electron chi connectivity index (χ0n) is 21.4. The molecule has 2 fully saturated rings. The van der Waals surface area contributed by atoms with Crippen LogP contribution in [0, 0.1) is 17.8 Å². The number of carbonyl (C=O) groups excluding carboxylic acids is 1. The van der Waals surface area contributed by atoms with Crippen LogP contribution in [0.3, 0.4) is 0 Å². The number of alkyl halides is 3. The lowest BCUT2D eigenvalue weighted by Gasteiger charge is -2.44. The van der Waals surface area contributed by atoms with Crippen molar-refractivity contribution in [3.63, 3.8) is 0 Å². The minimum absolute atomic E-state index is 0.0255. The van der Waals surface area contributed by atoms with Crippen LogP contribution in [0.5, 0.6) is 0 Å². The summed E-state index contributed by atoms with van der Waals surface area (Å²) >= 11 is 0. The molecule has 2 aliphatic carbocycles. The molecule has 1 amide bonds. The normalized spacial score (nSPS) is 27.0. The molecule has 6 rings (SSSR count). The van der Waals surface area contributed by atoms with Crippen molar-refractivity contribution < 1.29 is 30.8 Å².